The molecule has 0 aliphatic rings. The predicted molar refractivity (Wildman–Crippen MR) is 126 cm³/mol. The fourth-order valence-electron chi connectivity index (χ4n) is 3.12. The summed E-state index contributed by atoms with van der Waals surface area (Å²) >= 11 is 0. The van der Waals surface area contributed by atoms with Gasteiger partial charge in [0.15, 0.2) is 0 Å². The van der Waals surface area contributed by atoms with Gasteiger partial charge in [-0.3, -0.25) is 10.3 Å². The van der Waals surface area contributed by atoms with Gasteiger partial charge in [-0.1, -0.05) is 30.3 Å². The van der Waals surface area contributed by atoms with Crippen LogP contribution in [0.2, 0.25) is 0 Å². The van der Waals surface area contributed by atoms with E-state index in [0.717, 1.165) is 16.9 Å². The smallest absolute Gasteiger partial charge is 0.320 e. The standard InChI is InChI=1S/C23H26N6O2.2H2/c1-15-11-19(9-10-25-15)27-22-18(13-24)12-21(28-20(22)14-31-3)29-23(30)26-16(2)17-7-5-4-6-8-17;;/h4-13,16,24H,14H2,1-3H3,(H,25,27)(H2,26,28,29,30);2*1H/t16-;;/m1../s1. The van der Waals surface area contributed by atoms with Crippen molar-refractivity contribution in [2.75, 3.05) is 17.7 Å². The Balaban J connectivity index is 0.00000272. The van der Waals surface area contributed by atoms with Crippen molar-refractivity contribution in [1.29, 1.82) is 5.41 Å². The lowest BCUT2D eigenvalue weighted by Crippen LogP contribution is -2.31. The summed E-state index contributed by atoms with van der Waals surface area (Å²) in [6.07, 6.45) is 2.92. The normalized spacial score (nSPS) is 11.5. The van der Waals surface area contributed by atoms with Crippen molar-refractivity contribution >= 4 is 29.4 Å². The fraction of sp³-hybridized carbons (Fsp3) is 0.217. The van der Waals surface area contributed by atoms with E-state index in [9.17, 15) is 4.79 Å². The number of nitrogens with zero attached hydrogens (tertiary/aromatic N) is 2. The highest BCUT2D eigenvalue weighted by atomic mass is 16.5. The number of carbonyl (C=O) groups excluding carboxylic acids is 1. The lowest BCUT2D eigenvalue weighted by molar-refractivity contribution is 0.182. The third-order valence-electron chi connectivity index (χ3n) is 4.62. The number of nitrogens with one attached hydrogen (secondary N) is 4. The molecule has 0 radical (unpaired) electrons. The van der Waals surface area contributed by atoms with Crippen LogP contribution in [0.15, 0.2) is 54.7 Å². The molecule has 2 aromatic heterocycles. The van der Waals surface area contributed by atoms with E-state index in [2.05, 4.69) is 25.9 Å². The number of rotatable bonds is 8. The number of carbonyl (C=O) groups is 1. The molecule has 3 rings (SSSR count). The van der Waals surface area contributed by atoms with Crippen molar-refractivity contribution in [2.24, 2.45) is 0 Å². The van der Waals surface area contributed by atoms with Gasteiger partial charge in [-0.25, -0.2) is 9.78 Å². The quantitative estimate of drug-likeness (QED) is 0.380. The van der Waals surface area contributed by atoms with Crippen LogP contribution in [0.5, 0.6) is 0 Å². The van der Waals surface area contributed by atoms with Gasteiger partial charge in [0.2, 0.25) is 0 Å². The zero-order chi connectivity index (χ0) is 22.2. The van der Waals surface area contributed by atoms with Crippen molar-refractivity contribution in [3.8, 4) is 0 Å². The Morgan fingerprint density at radius 3 is 2.71 bits per heavy atom. The van der Waals surface area contributed by atoms with E-state index in [1.807, 2.05) is 56.3 Å². The highest BCUT2D eigenvalue weighted by molar-refractivity contribution is 5.93. The molecule has 2 heterocycles. The van der Waals surface area contributed by atoms with Gasteiger partial charge in [0.05, 0.1) is 24.0 Å². The molecule has 0 fully saturated rings. The van der Waals surface area contributed by atoms with E-state index in [0.29, 0.717) is 22.8 Å². The van der Waals surface area contributed by atoms with Crippen LogP contribution in [-0.4, -0.2) is 29.3 Å². The summed E-state index contributed by atoms with van der Waals surface area (Å²) in [4.78, 5) is 21.2. The topological polar surface area (TPSA) is 112 Å². The van der Waals surface area contributed by atoms with Crippen molar-refractivity contribution in [2.45, 2.75) is 26.5 Å². The Hall–Kier alpha value is -3.78. The molecule has 8 heteroatoms. The third-order valence-corrected chi connectivity index (χ3v) is 4.62. The molecular weight excluding hydrogens is 392 g/mol. The van der Waals surface area contributed by atoms with Gasteiger partial charge in [0.25, 0.3) is 0 Å². The van der Waals surface area contributed by atoms with Crippen LogP contribution in [-0.2, 0) is 11.3 Å². The molecule has 2 amide bonds. The largest absolute Gasteiger partial charge is 0.378 e. The second kappa shape index (κ2) is 10.3. The minimum atomic E-state index is -0.381. The minimum absolute atomic E-state index is 0. The Bertz CT molecular complexity index is 1070. The number of aromatic nitrogens is 2. The van der Waals surface area contributed by atoms with Gasteiger partial charge in [0.1, 0.15) is 5.82 Å². The van der Waals surface area contributed by atoms with Crippen LogP contribution in [0.4, 0.5) is 22.0 Å². The number of anilines is 3. The molecule has 4 N–H and O–H groups in total. The number of hydrogen-bond donors (Lipinski definition) is 4. The molecule has 0 saturated carbocycles. The molecule has 8 nitrogen and oxygen atoms in total. The second-order valence-corrected chi connectivity index (χ2v) is 7.04. The van der Waals surface area contributed by atoms with Gasteiger partial charge < -0.3 is 20.8 Å². The van der Waals surface area contributed by atoms with E-state index in [-0.39, 0.29) is 21.5 Å². The molecule has 0 aliphatic heterocycles. The molecule has 0 unspecified atom stereocenters. The molecule has 3 aromatic rings. The maximum atomic E-state index is 12.5. The van der Waals surface area contributed by atoms with Gasteiger partial charge >= 0.3 is 6.03 Å². The molecule has 1 atom stereocenters. The zero-order valence-corrected chi connectivity index (χ0v) is 17.8. The fourth-order valence-corrected chi connectivity index (χ4v) is 3.12. The molecule has 0 aliphatic carbocycles. The van der Waals surface area contributed by atoms with Crippen molar-refractivity contribution < 1.29 is 12.4 Å². The maximum absolute atomic E-state index is 12.5. The number of pyridine rings is 2. The first kappa shape index (κ1) is 21.9. The highest BCUT2D eigenvalue weighted by Crippen LogP contribution is 2.26. The molecule has 0 spiro atoms. The van der Waals surface area contributed by atoms with Crippen LogP contribution in [0.1, 0.15) is 38.3 Å². The first-order chi connectivity index (χ1) is 15.0. The predicted octanol–water partition coefficient (Wildman–Crippen LogP) is 5.05. The zero-order valence-electron chi connectivity index (χ0n) is 17.8. The van der Waals surface area contributed by atoms with Crippen LogP contribution < -0.4 is 16.0 Å². The lowest BCUT2D eigenvalue weighted by atomic mass is 10.1. The highest BCUT2D eigenvalue weighted by Gasteiger charge is 2.15. The average molecular weight is 423 g/mol. The van der Waals surface area contributed by atoms with E-state index in [1.54, 1.807) is 19.4 Å². The number of hydrogen-bond acceptors (Lipinski definition) is 6. The summed E-state index contributed by atoms with van der Waals surface area (Å²) in [5.41, 5.74) is 4.48. The lowest BCUT2D eigenvalue weighted by Gasteiger charge is -2.18. The molecular formula is C23H30N6O2. The van der Waals surface area contributed by atoms with Crippen molar-refractivity contribution in [1.82, 2.24) is 15.3 Å². The van der Waals surface area contributed by atoms with E-state index < -0.39 is 0 Å². The van der Waals surface area contributed by atoms with Gasteiger partial charge in [-0.2, -0.15) is 0 Å². The monoisotopic (exact) mass is 422 g/mol. The molecule has 1 aromatic carbocycles. The Morgan fingerprint density at radius 2 is 2.03 bits per heavy atom. The Labute approximate surface area is 184 Å². The minimum Gasteiger partial charge on any atom is -0.378 e. The summed E-state index contributed by atoms with van der Waals surface area (Å²) in [6, 6.07) is 14.5. The van der Waals surface area contributed by atoms with Crippen LogP contribution in [0.25, 0.3) is 0 Å². The molecule has 0 saturated heterocycles. The van der Waals surface area contributed by atoms with Crippen molar-refractivity contribution in [3.63, 3.8) is 0 Å². The van der Waals surface area contributed by atoms with Crippen molar-refractivity contribution in [3.05, 3.63) is 77.2 Å². The first-order valence-corrected chi connectivity index (χ1v) is 9.85. The maximum Gasteiger partial charge on any atom is 0.320 e. The summed E-state index contributed by atoms with van der Waals surface area (Å²) in [6.45, 7) is 4.02. The number of methoxy groups -OCH3 is 1. The molecule has 0 bridgehead atoms. The van der Waals surface area contributed by atoms with Crippen LogP contribution in [0.3, 0.4) is 0 Å². The molecule has 31 heavy (non-hydrogen) atoms. The van der Waals surface area contributed by atoms with Crippen LogP contribution in [0, 0.1) is 12.3 Å². The molecule has 164 valence electrons. The number of ether oxygens (including phenoxy) is 1. The number of aryl methyl sites for hydroxylation is 1. The van der Waals surface area contributed by atoms with E-state index >= 15 is 0 Å². The Kier molecular flexibility index (Phi) is 7.29. The summed E-state index contributed by atoms with van der Waals surface area (Å²) in [7, 11) is 1.57. The van der Waals surface area contributed by atoms with Gasteiger partial charge in [-0.15, -0.1) is 0 Å². The van der Waals surface area contributed by atoms with Gasteiger partial charge in [0, 0.05) is 39.3 Å². The summed E-state index contributed by atoms with van der Waals surface area (Å²) < 4.78 is 5.29. The number of urea groups is 1. The summed E-state index contributed by atoms with van der Waals surface area (Å²) in [5.74, 6) is 0.333. The third kappa shape index (κ3) is 5.86. The van der Waals surface area contributed by atoms with Gasteiger partial charge in [-0.05, 0) is 37.6 Å². The average Bonchev–Trinajstić information content (AvgIpc) is 2.76. The Morgan fingerprint density at radius 1 is 1.26 bits per heavy atom. The van der Waals surface area contributed by atoms with E-state index in [4.69, 9.17) is 10.1 Å². The SMILES string of the molecule is COCc1nc(NC(=O)N[C@H](C)c2ccccc2)cc(C=N)c1Nc1ccnc(C)c1.[HH].[HH]. The first-order valence-electron chi connectivity index (χ1n) is 9.85. The van der Waals surface area contributed by atoms with E-state index in [1.165, 1.54) is 6.21 Å². The number of amides is 2. The number of benzene rings is 1. The van der Waals surface area contributed by atoms with Crippen LogP contribution >= 0.6 is 0 Å². The second-order valence-electron chi connectivity index (χ2n) is 7.04. The summed E-state index contributed by atoms with van der Waals surface area (Å²) in [5, 5.41) is 16.8.